The molecule has 1 heterocycles. The lowest BCUT2D eigenvalue weighted by Crippen LogP contribution is -2.14. The maximum atomic E-state index is 12.5. The van der Waals surface area contributed by atoms with Crippen LogP contribution in [0.25, 0.3) is 0 Å². The van der Waals surface area contributed by atoms with Gasteiger partial charge in [0.2, 0.25) is 0 Å². The van der Waals surface area contributed by atoms with Crippen molar-refractivity contribution in [2.45, 2.75) is 6.42 Å². The second-order valence-corrected chi connectivity index (χ2v) is 6.28. The van der Waals surface area contributed by atoms with Crippen LogP contribution in [0.3, 0.4) is 0 Å². The molecule has 1 aromatic heterocycles. The molecule has 0 unspecified atom stereocenters. The van der Waals surface area contributed by atoms with Crippen molar-refractivity contribution in [1.82, 2.24) is 4.98 Å². The first-order valence-electron chi connectivity index (χ1n) is 8.40. The minimum absolute atomic E-state index is 0.294. The highest BCUT2D eigenvalue weighted by Gasteiger charge is 2.10. The van der Waals surface area contributed by atoms with E-state index in [1.54, 1.807) is 42.6 Å². The number of pyridine rings is 1. The number of para-hydroxylation sites is 1. The van der Waals surface area contributed by atoms with Crippen molar-refractivity contribution in [2.24, 2.45) is 0 Å². The number of nitrogens with zero attached hydrogens (tertiary/aromatic N) is 2. The third kappa shape index (κ3) is 5.06. The number of rotatable bonds is 6. The highest BCUT2D eigenvalue weighted by Crippen LogP contribution is 2.16. The number of hydrogen-bond donors (Lipinski definition) is 2. The third-order valence-electron chi connectivity index (χ3n) is 3.93. The summed E-state index contributed by atoms with van der Waals surface area (Å²) in [4.78, 5) is 16.7. The van der Waals surface area contributed by atoms with Gasteiger partial charge in [0.05, 0.1) is 11.3 Å². The molecule has 0 bridgehead atoms. The van der Waals surface area contributed by atoms with Gasteiger partial charge in [-0.05, 0) is 48.4 Å². The van der Waals surface area contributed by atoms with Crippen molar-refractivity contribution < 1.29 is 4.79 Å². The van der Waals surface area contributed by atoms with Gasteiger partial charge in [0.1, 0.15) is 11.9 Å². The zero-order valence-corrected chi connectivity index (χ0v) is 15.2. The molecule has 27 heavy (non-hydrogen) atoms. The number of nitrogens with one attached hydrogen (secondary N) is 2. The van der Waals surface area contributed by atoms with Gasteiger partial charge in [0.25, 0.3) is 5.91 Å². The average molecular weight is 377 g/mol. The smallest absolute Gasteiger partial charge is 0.255 e. The number of hydrogen-bond acceptors (Lipinski definition) is 4. The maximum absolute atomic E-state index is 12.5. The third-order valence-corrected chi connectivity index (χ3v) is 4.16. The molecule has 0 aliphatic heterocycles. The molecule has 134 valence electrons. The van der Waals surface area contributed by atoms with E-state index in [1.807, 2.05) is 24.3 Å². The Morgan fingerprint density at radius 2 is 1.96 bits per heavy atom. The summed E-state index contributed by atoms with van der Waals surface area (Å²) in [7, 11) is 0. The molecule has 1 amide bonds. The molecule has 2 aromatic carbocycles. The van der Waals surface area contributed by atoms with Crippen LogP contribution in [0.2, 0.25) is 5.02 Å². The highest BCUT2D eigenvalue weighted by molar-refractivity contribution is 6.30. The fourth-order valence-corrected chi connectivity index (χ4v) is 2.79. The number of amides is 1. The Kier molecular flexibility index (Phi) is 6.03. The second-order valence-electron chi connectivity index (χ2n) is 5.85. The number of nitriles is 1. The lowest BCUT2D eigenvalue weighted by Gasteiger charge is -2.09. The molecule has 2 N–H and O–H groups in total. The van der Waals surface area contributed by atoms with Crippen molar-refractivity contribution in [3.8, 4) is 6.07 Å². The standard InChI is InChI=1S/C21H17ClN4O/c22-18-6-3-4-15(12-18)8-10-24-20-13-16(9-11-25-20)21(27)26-19-7-2-1-5-17(19)14-23/h1-7,9,11-13H,8,10H2,(H,24,25)(H,26,27). The van der Waals surface area contributed by atoms with Crippen molar-refractivity contribution in [3.63, 3.8) is 0 Å². The quantitative estimate of drug-likeness (QED) is 0.663. The van der Waals surface area contributed by atoms with Crippen LogP contribution in [0.4, 0.5) is 11.5 Å². The molecule has 0 aliphatic carbocycles. The molecule has 0 saturated heterocycles. The van der Waals surface area contributed by atoms with Crippen LogP contribution in [0.1, 0.15) is 21.5 Å². The molecule has 0 spiro atoms. The van der Waals surface area contributed by atoms with Gasteiger partial charge in [0.15, 0.2) is 0 Å². The van der Waals surface area contributed by atoms with Crippen LogP contribution >= 0.6 is 11.6 Å². The predicted octanol–water partition coefficient (Wildman–Crippen LogP) is 4.51. The summed E-state index contributed by atoms with van der Waals surface area (Å²) in [6, 6.07) is 19.9. The molecule has 3 aromatic rings. The number of carbonyl (C=O) groups is 1. The first-order valence-corrected chi connectivity index (χ1v) is 8.78. The number of carbonyl (C=O) groups excluding carboxylic acids is 1. The summed E-state index contributed by atoms with van der Waals surface area (Å²) >= 11 is 5.99. The van der Waals surface area contributed by atoms with Crippen molar-refractivity contribution in [2.75, 3.05) is 17.2 Å². The zero-order chi connectivity index (χ0) is 19.1. The van der Waals surface area contributed by atoms with E-state index in [2.05, 4.69) is 21.7 Å². The summed E-state index contributed by atoms with van der Waals surface area (Å²) in [5, 5.41) is 15.8. The van der Waals surface area contributed by atoms with Gasteiger partial charge < -0.3 is 10.6 Å². The number of anilines is 2. The largest absolute Gasteiger partial charge is 0.370 e. The summed E-state index contributed by atoms with van der Waals surface area (Å²) < 4.78 is 0. The molecule has 5 nitrogen and oxygen atoms in total. The van der Waals surface area contributed by atoms with Gasteiger partial charge in [-0.25, -0.2) is 4.98 Å². The Bertz CT molecular complexity index is 997. The summed E-state index contributed by atoms with van der Waals surface area (Å²) in [5.74, 6) is 0.316. The molecule has 0 saturated carbocycles. The van der Waals surface area contributed by atoms with Crippen LogP contribution in [0.15, 0.2) is 66.9 Å². The van der Waals surface area contributed by atoms with Gasteiger partial charge in [-0.2, -0.15) is 5.26 Å². The number of aromatic nitrogens is 1. The highest BCUT2D eigenvalue weighted by atomic mass is 35.5. The average Bonchev–Trinajstić information content (AvgIpc) is 2.69. The summed E-state index contributed by atoms with van der Waals surface area (Å²) in [6.45, 7) is 0.662. The van der Waals surface area contributed by atoms with E-state index in [-0.39, 0.29) is 5.91 Å². The monoisotopic (exact) mass is 376 g/mol. The Hall–Kier alpha value is -3.36. The lowest BCUT2D eigenvalue weighted by atomic mass is 10.1. The van der Waals surface area contributed by atoms with Crippen LogP contribution in [-0.2, 0) is 6.42 Å². The van der Waals surface area contributed by atoms with E-state index in [1.165, 1.54) is 0 Å². The SMILES string of the molecule is N#Cc1ccccc1NC(=O)c1ccnc(NCCc2cccc(Cl)c2)c1. The van der Waals surface area contributed by atoms with Crippen LogP contribution in [-0.4, -0.2) is 17.4 Å². The fraction of sp³-hybridized carbons (Fsp3) is 0.0952. The molecule has 0 fully saturated rings. The number of halogens is 1. The van der Waals surface area contributed by atoms with Crippen molar-refractivity contribution in [1.29, 1.82) is 5.26 Å². The van der Waals surface area contributed by atoms with Gasteiger partial charge in [-0.3, -0.25) is 4.79 Å². The Morgan fingerprint density at radius 3 is 2.78 bits per heavy atom. The van der Waals surface area contributed by atoms with E-state index in [4.69, 9.17) is 16.9 Å². The van der Waals surface area contributed by atoms with Crippen molar-refractivity contribution >= 4 is 29.0 Å². The van der Waals surface area contributed by atoms with Gasteiger partial charge in [-0.15, -0.1) is 0 Å². The molecular formula is C21H17ClN4O. The van der Waals surface area contributed by atoms with E-state index in [9.17, 15) is 4.79 Å². The summed E-state index contributed by atoms with van der Waals surface area (Å²) in [5.41, 5.74) is 2.48. The lowest BCUT2D eigenvalue weighted by molar-refractivity contribution is 0.102. The fourth-order valence-electron chi connectivity index (χ4n) is 2.58. The topological polar surface area (TPSA) is 77.8 Å². The minimum Gasteiger partial charge on any atom is -0.370 e. The molecular weight excluding hydrogens is 360 g/mol. The predicted molar refractivity (Wildman–Crippen MR) is 107 cm³/mol. The number of benzene rings is 2. The van der Waals surface area contributed by atoms with Crippen LogP contribution in [0.5, 0.6) is 0 Å². The van der Waals surface area contributed by atoms with Crippen LogP contribution in [0, 0.1) is 11.3 Å². The van der Waals surface area contributed by atoms with Gasteiger partial charge >= 0.3 is 0 Å². The molecule has 0 radical (unpaired) electrons. The Morgan fingerprint density at radius 1 is 1.11 bits per heavy atom. The second kappa shape index (κ2) is 8.84. The molecule has 0 atom stereocenters. The van der Waals surface area contributed by atoms with Crippen molar-refractivity contribution in [3.05, 3.63) is 88.6 Å². The first-order chi connectivity index (χ1) is 13.2. The molecule has 6 heteroatoms. The Labute approximate surface area is 162 Å². The van der Waals surface area contributed by atoms with Gasteiger partial charge in [-0.1, -0.05) is 35.9 Å². The maximum Gasteiger partial charge on any atom is 0.255 e. The minimum atomic E-state index is -0.294. The van der Waals surface area contributed by atoms with E-state index >= 15 is 0 Å². The summed E-state index contributed by atoms with van der Waals surface area (Å²) in [6.07, 6.45) is 2.36. The first kappa shape index (κ1) is 18.4. The van der Waals surface area contributed by atoms with E-state index in [0.29, 0.717) is 34.2 Å². The normalized spacial score (nSPS) is 10.1. The molecule has 3 rings (SSSR count). The van der Waals surface area contributed by atoms with Crippen LogP contribution < -0.4 is 10.6 Å². The van der Waals surface area contributed by atoms with Gasteiger partial charge in [0, 0.05) is 23.3 Å². The Balaban J connectivity index is 1.63. The molecule has 0 aliphatic rings. The zero-order valence-electron chi connectivity index (χ0n) is 14.4. The van der Waals surface area contributed by atoms with E-state index in [0.717, 1.165) is 12.0 Å². The van der Waals surface area contributed by atoms with E-state index < -0.39 is 0 Å².